The largest absolute Gasteiger partial charge is 0.494 e. The van der Waals surface area contributed by atoms with Crippen LogP contribution in [0.5, 0.6) is 5.75 Å². The maximum Gasteiger partial charge on any atom is 0.266 e. The molecule has 7 nitrogen and oxygen atoms in total. The van der Waals surface area contributed by atoms with Crippen LogP contribution in [0.15, 0.2) is 53.3 Å². The van der Waals surface area contributed by atoms with Gasteiger partial charge in [-0.1, -0.05) is 38.3 Å². The molecule has 0 aliphatic rings. The highest BCUT2D eigenvalue weighted by Crippen LogP contribution is 2.25. The van der Waals surface area contributed by atoms with E-state index in [1.54, 1.807) is 22.6 Å². The molecule has 3 aromatic rings. The van der Waals surface area contributed by atoms with E-state index in [4.69, 9.17) is 14.5 Å². The number of carbonyl (C=O) groups excluding carboxylic acids is 1. The normalized spacial score (nSPS) is 12.0. The number of hydrogen-bond acceptors (Lipinski definition) is 5. The van der Waals surface area contributed by atoms with E-state index < -0.39 is 6.04 Å². The molecule has 3 rings (SSSR count). The average molecular weight is 480 g/mol. The molecule has 0 spiro atoms. The molecule has 1 aromatic heterocycles. The van der Waals surface area contributed by atoms with Gasteiger partial charge in [-0.05, 0) is 56.7 Å². The van der Waals surface area contributed by atoms with Crippen LogP contribution in [-0.4, -0.2) is 47.2 Å². The van der Waals surface area contributed by atoms with Crippen molar-refractivity contribution in [3.05, 3.63) is 64.7 Å². The monoisotopic (exact) mass is 479 g/mol. The Morgan fingerprint density at radius 2 is 1.80 bits per heavy atom. The van der Waals surface area contributed by atoms with Crippen LogP contribution >= 0.6 is 0 Å². The fraction of sp³-hybridized carbons (Fsp3) is 0.464. The topological polar surface area (TPSA) is 73.7 Å². The summed E-state index contributed by atoms with van der Waals surface area (Å²) in [5.74, 6) is 1.30. The molecule has 0 aliphatic carbocycles. The molecule has 1 heterocycles. The Hall–Kier alpha value is -3.19. The number of rotatable bonds is 13. The van der Waals surface area contributed by atoms with E-state index in [2.05, 4.69) is 6.92 Å². The van der Waals surface area contributed by atoms with Crippen molar-refractivity contribution in [2.45, 2.75) is 58.9 Å². The van der Waals surface area contributed by atoms with E-state index in [0.717, 1.165) is 31.4 Å². The Morgan fingerprint density at radius 3 is 2.49 bits per heavy atom. The number of methoxy groups -OCH3 is 1. The number of carbonyl (C=O) groups is 1. The van der Waals surface area contributed by atoms with Crippen LogP contribution in [0.25, 0.3) is 16.6 Å². The summed E-state index contributed by atoms with van der Waals surface area (Å²) >= 11 is 0. The van der Waals surface area contributed by atoms with E-state index in [0.29, 0.717) is 48.6 Å². The van der Waals surface area contributed by atoms with Crippen LogP contribution in [0.3, 0.4) is 0 Å². The Labute approximate surface area is 207 Å². The first kappa shape index (κ1) is 26.4. The molecule has 0 saturated heterocycles. The molecule has 0 N–H and O–H groups in total. The number of ether oxygens (including phenoxy) is 2. The van der Waals surface area contributed by atoms with Gasteiger partial charge in [-0.25, -0.2) is 4.98 Å². The van der Waals surface area contributed by atoms with Crippen molar-refractivity contribution in [1.29, 1.82) is 0 Å². The summed E-state index contributed by atoms with van der Waals surface area (Å²) in [6.07, 6.45) is 4.58. The minimum Gasteiger partial charge on any atom is -0.494 e. The molecular weight excluding hydrogens is 442 g/mol. The molecule has 7 heteroatoms. The summed E-state index contributed by atoms with van der Waals surface area (Å²) < 4.78 is 12.5. The van der Waals surface area contributed by atoms with Crippen molar-refractivity contribution < 1.29 is 14.3 Å². The number of nitrogens with zero attached hydrogens (tertiary/aromatic N) is 3. The first-order valence-corrected chi connectivity index (χ1v) is 12.5. The molecule has 1 amide bonds. The molecule has 0 fully saturated rings. The molecule has 1 unspecified atom stereocenters. The third-order valence-electron chi connectivity index (χ3n) is 6.15. The lowest BCUT2D eigenvalue weighted by molar-refractivity contribution is -0.134. The zero-order valence-corrected chi connectivity index (χ0v) is 21.3. The first-order chi connectivity index (χ1) is 17.0. The number of benzene rings is 2. The van der Waals surface area contributed by atoms with Gasteiger partial charge in [-0.2, -0.15) is 0 Å². The fourth-order valence-electron chi connectivity index (χ4n) is 4.25. The Balaban J connectivity index is 2.07. The fourth-order valence-corrected chi connectivity index (χ4v) is 4.25. The second-order valence-corrected chi connectivity index (χ2v) is 8.62. The lowest BCUT2D eigenvalue weighted by Crippen LogP contribution is -2.39. The van der Waals surface area contributed by atoms with Gasteiger partial charge in [0.1, 0.15) is 11.6 Å². The predicted molar refractivity (Wildman–Crippen MR) is 139 cm³/mol. The Kier molecular flexibility index (Phi) is 9.85. The molecule has 35 heavy (non-hydrogen) atoms. The van der Waals surface area contributed by atoms with Crippen LogP contribution in [-0.2, 0) is 9.53 Å². The lowest BCUT2D eigenvalue weighted by Gasteiger charge is -2.30. The summed E-state index contributed by atoms with van der Waals surface area (Å²) in [6, 6.07) is 14.3. The summed E-state index contributed by atoms with van der Waals surface area (Å²) in [7, 11) is 1.62. The summed E-state index contributed by atoms with van der Waals surface area (Å²) in [5.41, 5.74) is 1.13. The molecule has 0 radical (unpaired) electrons. The standard InChI is InChI=1S/C28H37N3O4/c1-5-7-8-9-14-26(32)30(19-20-34-4)21(3)27-29-25-13-11-10-12-24(25)28(33)31(27)22-15-17-23(18-16-22)35-6-2/h10-13,15-18,21H,5-9,14,19-20H2,1-4H3. The third-order valence-corrected chi connectivity index (χ3v) is 6.15. The Bertz CT molecular complexity index is 1160. The van der Waals surface area contributed by atoms with Crippen LogP contribution < -0.4 is 10.3 Å². The predicted octanol–water partition coefficient (Wildman–Crippen LogP) is 5.29. The lowest BCUT2D eigenvalue weighted by atomic mass is 10.1. The van der Waals surface area contributed by atoms with Crippen molar-refractivity contribution in [1.82, 2.24) is 14.5 Å². The van der Waals surface area contributed by atoms with Crippen molar-refractivity contribution in [3.8, 4) is 11.4 Å². The van der Waals surface area contributed by atoms with E-state index in [9.17, 15) is 9.59 Å². The minimum atomic E-state index is -0.423. The maximum atomic E-state index is 13.7. The smallest absolute Gasteiger partial charge is 0.266 e. The van der Waals surface area contributed by atoms with Crippen LogP contribution in [0.4, 0.5) is 0 Å². The minimum absolute atomic E-state index is 0.0475. The zero-order chi connectivity index (χ0) is 25.2. The second kappa shape index (κ2) is 13.0. The van der Waals surface area contributed by atoms with Crippen molar-refractivity contribution in [2.24, 2.45) is 0 Å². The maximum absolute atomic E-state index is 13.7. The highest BCUT2D eigenvalue weighted by atomic mass is 16.5. The van der Waals surface area contributed by atoms with Gasteiger partial charge in [-0.3, -0.25) is 14.2 Å². The third kappa shape index (κ3) is 6.48. The number of para-hydroxylation sites is 1. The van der Waals surface area contributed by atoms with Gasteiger partial charge >= 0.3 is 0 Å². The van der Waals surface area contributed by atoms with Gasteiger partial charge in [0.2, 0.25) is 5.91 Å². The highest BCUT2D eigenvalue weighted by Gasteiger charge is 2.26. The number of unbranched alkanes of at least 4 members (excludes halogenated alkanes) is 3. The van der Waals surface area contributed by atoms with Crippen molar-refractivity contribution >= 4 is 16.8 Å². The summed E-state index contributed by atoms with van der Waals surface area (Å²) in [6.45, 7) is 7.41. The van der Waals surface area contributed by atoms with Crippen LogP contribution in [0.1, 0.15) is 64.7 Å². The first-order valence-electron chi connectivity index (χ1n) is 12.5. The zero-order valence-electron chi connectivity index (χ0n) is 21.3. The van der Waals surface area contributed by atoms with Crippen LogP contribution in [0.2, 0.25) is 0 Å². The van der Waals surface area contributed by atoms with Gasteiger partial charge in [0.15, 0.2) is 0 Å². The average Bonchev–Trinajstić information content (AvgIpc) is 2.87. The molecule has 2 aromatic carbocycles. The number of hydrogen-bond donors (Lipinski definition) is 0. The van der Waals surface area contributed by atoms with Crippen LogP contribution in [0, 0.1) is 0 Å². The highest BCUT2D eigenvalue weighted by molar-refractivity contribution is 5.79. The van der Waals surface area contributed by atoms with Gasteiger partial charge < -0.3 is 14.4 Å². The quantitative estimate of drug-likeness (QED) is 0.311. The Morgan fingerprint density at radius 1 is 1.06 bits per heavy atom. The molecule has 0 aliphatic heterocycles. The number of fused-ring (bicyclic) bond motifs is 1. The SMILES string of the molecule is CCCCCCC(=O)N(CCOC)C(C)c1nc2ccccc2c(=O)n1-c1ccc(OCC)cc1. The van der Waals surface area contributed by atoms with Gasteiger partial charge in [0.05, 0.1) is 35.8 Å². The second-order valence-electron chi connectivity index (χ2n) is 8.62. The van der Waals surface area contributed by atoms with Gasteiger partial charge in [-0.15, -0.1) is 0 Å². The van der Waals surface area contributed by atoms with E-state index >= 15 is 0 Å². The van der Waals surface area contributed by atoms with E-state index in [1.807, 2.05) is 56.3 Å². The molecule has 1 atom stereocenters. The summed E-state index contributed by atoms with van der Waals surface area (Å²) in [5, 5.41) is 0.534. The molecule has 0 bridgehead atoms. The van der Waals surface area contributed by atoms with Crippen molar-refractivity contribution in [3.63, 3.8) is 0 Å². The molecule has 0 saturated carbocycles. The molecular formula is C28H37N3O4. The number of amides is 1. The van der Waals surface area contributed by atoms with E-state index in [-0.39, 0.29) is 11.5 Å². The number of aromatic nitrogens is 2. The molecule has 188 valence electrons. The van der Waals surface area contributed by atoms with E-state index in [1.165, 1.54) is 0 Å². The summed E-state index contributed by atoms with van der Waals surface area (Å²) in [4.78, 5) is 33.6. The van der Waals surface area contributed by atoms with Gasteiger partial charge in [0.25, 0.3) is 5.56 Å². The van der Waals surface area contributed by atoms with Crippen molar-refractivity contribution in [2.75, 3.05) is 26.9 Å². The van der Waals surface area contributed by atoms with Gasteiger partial charge in [0, 0.05) is 20.1 Å².